The van der Waals surface area contributed by atoms with Crippen molar-refractivity contribution in [3.8, 4) is 0 Å². The minimum Gasteiger partial charge on any atom is -0.207 e. The van der Waals surface area contributed by atoms with Crippen molar-refractivity contribution in [1.29, 1.82) is 0 Å². The number of hydrogen-bond donors (Lipinski definition) is 0. The second kappa shape index (κ2) is 5.61. The molecule has 2 bridgehead atoms. The monoisotopic (exact) mass is 300 g/mol. The number of rotatable bonds is 4. The first-order valence-corrected chi connectivity index (χ1v) is 8.02. The molecule has 4 unspecified atom stereocenters. The second-order valence-corrected chi connectivity index (χ2v) is 7.20. The molecule has 0 nitrogen and oxygen atoms in total. The maximum absolute atomic E-state index is 13.7. The molecule has 19 heavy (non-hydrogen) atoms. The molecular weight excluding hydrogens is 282 g/mol. The van der Waals surface area contributed by atoms with Crippen molar-refractivity contribution in [2.24, 2.45) is 17.8 Å². The Morgan fingerprint density at radius 2 is 2.11 bits per heavy atom. The smallest absolute Gasteiger partial charge is 0.127 e. The van der Waals surface area contributed by atoms with Crippen LogP contribution in [0.1, 0.15) is 37.7 Å². The van der Waals surface area contributed by atoms with E-state index < -0.39 is 0 Å². The molecule has 0 N–H and O–H groups in total. The van der Waals surface area contributed by atoms with Crippen LogP contribution in [0.5, 0.6) is 0 Å². The van der Waals surface area contributed by atoms with Gasteiger partial charge in [-0.3, -0.25) is 0 Å². The van der Waals surface area contributed by atoms with Crippen LogP contribution in [-0.2, 0) is 6.42 Å². The van der Waals surface area contributed by atoms with Crippen LogP contribution in [0, 0.1) is 23.6 Å². The summed E-state index contributed by atoms with van der Waals surface area (Å²) in [5.74, 6) is 2.34. The molecule has 0 aliphatic heterocycles. The van der Waals surface area contributed by atoms with Crippen LogP contribution >= 0.6 is 23.2 Å². The Hall–Kier alpha value is -0.270. The van der Waals surface area contributed by atoms with Gasteiger partial charge in [0.1, 0.15) is 5.82 Å². The van der Waals surface area contributed by atoms with Gasteiger partial charge < -0.3 is 0 Å². The topological polar surface area (TPSA) is 0 Å². The third-order valence-electron chi connectivity index (χ3n) is 4.93. The van der Waals surface area contributed by atoms with E-state index in [1.165, 1.54) is 31.7 Å². The van der Waals surface area contributed by atoms with Gasteiger partial charge in [0.25, 0.3) is 0 Å². The van der Waals surface area contributed by atoms with Crippen molar-refractivity contribution in [3.63, 3.8) is 0 Å². The molecule has 1 aromatic carbocycles. The maximum atomic E-state index is 13.7. The van der Waals surface area contributed by atoms with Gasteiger partial charge in [-0.2, -0.15) is 0 Å². The predicted molar refractivity (Wildman–Crippen MR) is 78.3 cm³/mol. The average Bonchev–Trinajstić information content (AvgIpc) is 2.96. The Labute approximate surface area is 124 Å². The van der Waals surface area contributed by atoms with Crippen LogP contribution in [-0.4, -0.2) is 5.38 Å². The van der Waals surface area contributed by atoms with Crippen LogP contribution in [0.3, 0.4) is 0 Å². The molecule has 2 fully saturated rings. The SMILES string of the molecule is Fc1cccc(Cl)c1CC(Cl)CC1CC2CCC1C2. The van der Waals surface area contributed by atoms with E-state index in [0.29, 0.717) is 17.0 Å². The van der Waals surface area contributed by atoms with E-state index in [1.807, 2.05) is 0 Å². The van der Waals surface area contributed by atoms with E-state index in [-0.39, 0.29) is 11.2 Å². The molecule has 0 saturated heterocycles. The van der Waals surface area contributed by atoms with Gasteiger partial charge in [0, 0.05) is 16.0 Å². The van der Waals surface area contributed by atoms with Crippen molar-refractivity contribution >= 4 is 23.2 Å². The molecule has 0 aromatic heterocycles. The van der Waals surface area contributed by atoms with Gasteiger partial charge in [-0.1, -0.05) is 24.1 Å². The van der Waals surface area contributed by atoms with Gasteiger partial charge in [0.2, 0.25) is 0 Å². The molecule has 0 spiro atoms. The molecular formula is C16H19Cl2F. The van der Waals surface area contributed by atoms with Crippen LogP contribution < -0.4 is 0 Å². The van der Waals surface area contributed by atoms with E-state index >= 15 is 0 Å². The first-order chi connectivity index (χ1) is 9.13. The van der Waals surface area contributed by atoms with Crippen molar-refractivity contribution in [1.82, 2.24) is 0 Å². The molecule has 2 saturated carbocycles. The second-order valence-electron chi connectivity index (χ2n) is 6.17. The first-order valence-electron chi connectivity index (χ1n) is 7.20. The normalized spacial score (nSPS) is 30.8. The molecule has 3 rings (SSSR count). The number of fused-ring (bicyclic) bond motifs is 2. The van der Waals surface area contributed by atoms with Crippen LogP contribution in [0.2, 0.25) is 5.02 Å². The lowest BCUT2D eigenvalue weighted by molar-refractivity contribution is 0.310. The first kappa shape index (κ1) is 13.7. The highest BCUT2D eigenvalue weighted by Crippen LogP contribution is 2.50. The largest absolute Gasteiger partial charge is 0.207 e. The highest BCUT2D eigenvalue weighted by molar-refractivity contribution is 6.31. The van der Waals surface area contributed by atoms with Gasteiger partial charge in [-0.25, -0.2) is 4.39 Å². The van der Waals surface area contributed by atoms with Crippen molar-refractivity contribution in [2.45, 2.75) is 43.9 Å². The Morgan fingerprint density at radius 3 is 2.74 bits per heavy atom. The van der Waals surface area contributed by atoms with E-state index in [0.717, 1.165) is 24.2 Å². The van der Waals surface area contributed by atoms with Crippen LogP contribution in [0.25, 0.3) is 0 Å². The Bertz CT molecular complexity index is 440. The maximum Gasteiger partial charge on any atom is 0.127 e. The van der Waals surface area contributed by atoms with E-state index in [4.69, 9.17) is 23.2 Å². The predicted octanol–water partition coefficient (Wildman–Crippen LogP) is 5.46. The Balaban J connectivity index is 1.61. The zero-order chi connectivity index (χ0) is 13.4. The number of halogens is 3. The summed E-state index contributed by atoms with van der Waals surface area (Å²) >= 11 is 12.5. The van der Waals surface area contributed by atoms with Gasteiger partial charge in [0.15, 0.2) is 0 Å². The third kappa shape index (κ3) is 2.92. The molecule has 0 radical (unpaired) electrons. The fraction of sp³-hybridized carbons (Fsp3) is 0.625. The summed E-state index contributed by atoms with van der Waals surface area (Å²) in [6, 6.07) is 4.84. The van der Waals surface area contributed by atoms with E-state index in [1.54, 1.807) is 12.1 Å². The van der Waals surface area contributed by atoms with Gasteiger partial charge in [-0.15, -0.1) is 11.6 Å². The third-order valence-corrected chi connectivity index (χ3v) is 5.62. The highest BCUT2D eigenvalue weighted by atomic mass is 35.5. The van der Waals surface area contributed by atoms with Crippen molar-refractivity contribution < 1.29 is 4.39 Å². The van der Waals surface area contributed by atoms with E-state index in [2.05, 4.69) is 0 Å². The molecule has 0 amide bonds. The lowest BCUT2D eigenvalue weighted by Crippen LogP contribution is -2.17. The van der Waals surface area contributed by atoms with Crippen LogP contribution in [0.15, 0.2) is 18.2 Å². The zero-order valence-corrected chi connectivity index (χ0v) is 12.4. The Morgan fingerprint density at radius 1 is 1.26 bits per heavy atom. The summed E-state index contributed by atoms with van der Waals surface area (Å²) in [6.07, 6.45) is 7.06. The minimum atomic E-state index is -0.230. The average molecular weight is 301 g/mol. The lowest BCUT2D eigenvalue weighted by Gasteiger charge is -2.24. The molecule has 2 aliphatic carbocycles. The number of hydrogen-bond acceptors (Lipinski definition) is 0. The summed E-state index contributed by atoms with van der Waals surface area (Å²) in [7, 11) is 0. The van der Waals surface area contributed by atoms with E-state index in [9.17, 15) is 4.39 Å². The molecule has 3 heteroatoms. The van der Waals surface area contributed by atoms with Gasteiger partial charge in [0.05, 0.1) is 0 Å². The van der Waals surface area contributed by atoms with Crippen molar-refractivity contribution in [2.75, 3.05) is 0 Å². The van der Waals surface area contributed by atoms with Gasteiger partial charge in [-0.05, 0) is 62.0 Å². The standard InChI is InChI=1S/C16H19Cl2F/c17-13(8-12-7-10-4-5-11(12)6-10)9-14-15(18)2-1-3-16(14)19/h1-3,10-13H,4-9H2. The summed E-state index contributed by atoms with van der Waals surface area (Å²) in [4.78, 5) is 0. The quantitative estimate of drug-likeness (QED) is 0.648. The fourth-order valence-corrected chi connectivity index (χ4v) is 4.65. The zero-order valence-electron chi connectivity index (χ0n) is 10.9. The highest BCUT2D eigenvalue weighted by Gasteiger charge is 2.39. The van der Waals surface area contributed by atoms with Crippen LogP contribution in [0.4, 0.5) is 4.39 Å². The number of alkyl halides is 1. The lowest BCUT2D eigenvalue weighted by atomic mass is 9.84. The molecule has 0 heterocycles. The Kier molecular flexibility index (Phi) is 4.05. The summed E-state index contributed by atoms with van der Waals surface area (Å²) in [6.45, 7) is 0. The molecule has 4 atom stereocenters. The van der Waals surface area contributed by atoms with Crippen molar-refractivity contribution in [3.05, 3.63) is 34.6 Å². The number of benzene rings is 1. The molecule has 1 aromatic rings. The summed E-state index contributed by atoms with van der Waals surface area (Å²) in [5, 5.41) is 0.498. The summed E-state index contributed by atoms with van der Waals surface area (Å²) in [5.41, 5.74) is 0.576. The summed E-state index contributed by atoms with van der Waals surface area (Å²) < 4.78 is 13.7. The fourth-order valence-electron chi connectivity index (χ4n) is 4.03. The minimum absolute atomic E-state index is 0.00116. The molecule has 2 aliphatic rings. The molecule has 104 valence electrons. The van der Waals surface area contributed by atoms with Gasteiger partial charge >= 0.3 is 0 Å².